The predicted octanol–water partition coefficient (Wildman–Crippen LogP) is 7.84. The lowest BCUT2D eigenvalue weighted by molar-refractivity contribution is 0.290. The number of rotatable bonds is 6. The number of hydrogen-bond acceptors (Lipinski definition) is 3. The Morgan fingerprint density at radius 3 is 2.67 bits per heavy atom. The van der Waals surface area contributed by atoms with Gasteiger partial charge in [-0.05, 0) is 59.5 Å². The molecule has 2 heterocycles. The van der Waals surface area contributed by atoms with Crippen LogP contribution < -0.4 is 4.74 Å². The molecule has 1 aliphatic heterocycles. The highest BCUT2D eigenvalue weighted by molar-refractivity contribution is 8.02. The van der Waals surface area contributed by atoms with Crippen molar-refractivity contribution in [2.45, 2.75) is 18.2 Å². The van der Waals surface area contributed by atoms with Crippen LogP contribution in [0.15, 0.2) is 78.3 Å². The topological polar surface area (TPSA) is 28.3 Å². The fourth-order valence-electron chi connectivity index (χ4n) is 4.52. The number of aromatic nitrogens is 1. The number of nitrogens with one attached hydrogen (secondary N) is 1. The van der Waals surface area contributed by atoms with Crippen LogP contribution in [0, 0.1) is 0 Å². The number of methoxy groups -OCH3 is 1. The summed E-state index contributed by atoms with van der Waals surface area (Å²) in [6.45, 7) is 5.33. The van der Waals surface area contributed by atoms with E-state index < -0.39 is 0 Å². The lowest BCUT2D eigenvalue weighted by atomic mass is 9.92. The summed E-state index contributed by atoms with van der Waals surface area (Å²) in [5.41, 5.74) is 5.94. The average molecular weight is 495 g/mol. The molecular formula is C27H24Cl2N2OS. The molecule has 33 heavy (non-hydrogen) atoms. The summed E-state index contributed by atoms with van der Waals surface area (Å²) in [7, 11) is 1.69. The third-order valence-electron chi connectivity index (χ3n) is 6.19. The zero-order chi connectivity index (χ0) is 22.9. The van der Waals surface area contributed by atoms with E-state index in [0.29, 0.717) is 0 Å². The molecule has 5 rings (SSSR count). The van der Waals surface area contributed by atoms with Crippen molar-refractivity contribution in [1.82, 2.24) is 9.88 Å². The maximum atomic E-state index is 6.39. The summed E-state index contributed by atoms with van der Waals surface area (Å²) in [6.07, 6.45) is 0.925. The number of hydrogen-bond donors (Lipinski definition) is 1. The fourth-order valence-corrected chi connectivity index (χ4v) is 5.91. The molecule has 0 fully saturated rings. The van der Waals surface area contributed by atoms with Crippen LogP contribution in [0.1, 0.15) is 28.4 Å². The van der Waals surface area contributed by atoms with Gasteiger partial charge < -0.3 is 14.6 Å². The number of halogens is 2. The second kappa shape index (κ2) is 9.38. The number of fused-ring (bicyclic) bond motifs is 3. The van der Waals surface area contributed by atoms with Crippen LogP contribution in [-0.4, -0.2) is 23.5 Å². The first-order chi connectivity index (χ1) is 16.0. The molecule has 0 saturated heterocycles. The van der Waals surface area contributed by atoms with E-state index in [-0.39, 0.29) is 6.04 Å². The monoisotopic (exact) mass is 494 g/mol. The van der Waals surface area contributed by atoms with Gasteiger partial charge in [-0.15, -0.1) is 11.8 Å². The smallest absolute Gasteiger partial charge is 0.118 e. The van der Waals surface area contributed by atoms with Crippen LogP contribution in [0.2, 0.25) is 10.0 Å². The third kappa shape index (κ3) is 4.35. The van der Waals surface area contributed by atoms with E-state index in [1.807, 2.05) is 36.4 Å². The van der Waals surface area contributed by atoms with Gasteiger partial charge in [0.05, 0.1) is 18.2 Å². The van der Waals surface area contributed by atoms with Crippen LogP contribution >= 0.6 is 35.0 Å². The van der Waals surface area contributed by atoms with Gasteiger partial charge in [0, 0.05) is 38.9 Å². The molecule has 1 aliphatic rings. The quantitative estimate of drug-likeness (QED) is 0.295. The van der Waals surface area contributed by atoms with E-state index in [9.17, 15) is 0 Å². The Morgan fingerprint density at radius 2 is 1.91 bits per heavy atom. The second-order valence-corrected chi connectivity index (χ2v) is 9.99. The molecule has 0 spiro atoms. The third-order valence-corrected chi connectivity index (χ3v) is 7.82. The number of H-pyrrole nitrogens is 1. The Kier molecular flexibility index (Phi) is 6.33. The molecule has 1 N–H and O–H groups in total. The van der Waals surface area contributed by atoms with Crippen molar-refractivity contribution in [3.05, 3.63) is 111 Å². The van der Waals surface area contributed by atoms with Crippen molar-refractivity contribution in [3.8, 4) is 5.75 Å². The van der Waals surface area contributed by atoms with Crippen LogP contribution in [-0.2, 0) is 12.2 Å². The Bertz CT molecular complexity index is 1320. The van der Waals surface area contributed by atoms with E-state index >= 15 is 0 Å². The van der Waals surface area contributed by atoms with E-state index in [0.717, 1.165) is 50.6 Å². The molecule has 3 aromatic carbocycles. The highest BCUT2D eigenvalue weighted by atomic mass is 35.5. The van der Waals surface area contributed by atoms with Crippen molar-refractivity contribution < 1.29 is 4.74 Å². The first-order valence-corrected chi connectivity index (χ1v) is 12.5. The predicted molar refractivity (Wildman–Crippen MR) is 140 cm³/mol. The number of thioether (sulfide) groups is 1. The standard InChI is InChI=1S/C27H24Cl2N2OS/c1-17(33-16-19-5-3-4-6-24(19)29)31-14-13-22-23-15-20(28)9-12-25(23)30-26(22)27(31)18-7-10-21(32-2)11-8-18/h3-12,15,27,30H,1,13-14,16H2,2H3. The van der Waals surface area contributed by atoms with Gasteiger partial charge in [0.2, 0.25) is 0 Å². The van der Waals surface area contributed by atoms with Crippen LogP contribution in [0.3, 0.4) is 0 Å². The summed E-state index contributed by atoms with van der Waals surface area (Å²) in [5.74, 6) is 1.62. The molecule has 4 aromatic rings. The molecule has 168 valence electrons. The Labute approximate surface area is 208 Å². The lowest BCUT2D eigenvalue weighted by Crippen LogP contribution is -2.34. The molecule has 0 aliphatic carbocycles. The SMILES string of the molecule is C=C(SCc1ccccc1Cl)N1CCc2c([nH]c3ccc(Cl)cc23)C1c1ccc(OC)cc1. The van der Waals surface area contributed by atoms with Gasteiger partial charge in [0.25, 0.3) is 0 Å². The average Bonchev–Trinajstić information content (AvgIpc) is 3.20. The minimum atomic E-state index is 0.0251. The second-order valence-electron chi connectivity index (χ2n) is 8.10. The van der Waals surface area contributed by atoms with Gasteiger partial charge in [0.1, 0.15) is 5.75 Å². The molecule has 0 bridgehead atoms. The van der Waals surface area contributed by atoms with Crippen LogP contribution in [0.4, 0.5) is 0 Å². The number of aromatic amines is 1. The van der Waals surface area contributed by atoms with Gasteiger partial charge in [-0.25, -0.2) is 0 Å². The minimum Gasteiger partial charge on any atom is -0.497 e. The highest BCUT2D eigenvalue weighted by Gasteiger charge is 2.32. The number of benzene rings is 3. The Morgan fingerprint density at radius 1 is 1.12 bits per heavy atom. The van der Waals surface area contributed by atoms with Gasteiger partial charge in [0.15, 0.2) is 0 Å². The zero-order valence-corrected chi connectivity index (χ0v) is 20.6. The molecule has 6 heteroatoms. The van der Waals surface area contributed by atoms with Crippen molar-refractivity contribution in [1.29, 1.82) is 0 Å². The molecule has 1 aromatic heterocycles. The lowest BCUT2D eigenvalue weighted by Gasteiger charge is -2.38. The first kappa shape index (κ1) is 22.3. The molecule has 3 nitrogen and oxygen atoms in total. The number of ether oxygens (including phenoxy) is 1. The summed E-state index contributed by atoms with van der Waals surface area (Å²) in [5, 5.41) is 3.77. The summed E-state index contributed by atoms with van der Waals surface area (Å²) >= 11 is 14.4. The highest BCUT2D eigenvalue weighted by Crippen LogP contribution is 2.43. The molecular weight excluding hydrogens is 471 g/mol. The fraction of sp³-hybridized carbons (Fsp3) is 0.185. The summed E-state index contributed by atoms with van der Waals surface area (Å²) in [4.78, 5) is 6.08. The maximum Gasteiger partial charge on any atom is 0.118 e. The molecule has 1 atom stereocenters. The minimum absolute atomic E-state index is 0.0251. The van der Waals surface area contributed by atoms with Gasteiger partial charge in [-0.1, -0.05) is 60.1 Å². The summed E-state index contributed by atoms with van der Waals surface area (Å²) in [6, 6.07) is 22.4. The largest absolute Gasteiger partial charge is 0.497 e. The summed E-state index contributed by atoms with van der Waals surface area (Å²) < 4.78 is 5.39. The number of nitrogens with zero attached hydrogens (tertiary/aromatic N) is 1. The van der Waals surface area contributed by atoms with Gasteiger partial charge >= 0.3 is 0 Å². The van der Waals surface area contributed by atoms with E-state index in [4.69, 9.17) is 27.9 Å². The Hall–Kier alpha value is -2.53. The first-order valence-electron chi connectivity index (χ1n) is 10.8. The van der Waals surface area contributed by atoms with Crippen molar-refractivity contribution >= 4 is 45.9 Å². The molecule has 1 unspecified atom stereocenters. The molecule has 0 saturated carbocycles. The van der Waals surface area contributed by atoms with Crippen molar-refractivity contribution in [2.75, 3.05) is 13.7 Å². The normalized spacial score (nSPS) is 15.5. The molecule has 0 amide bonds. The van der Waals surface area contributed by atoms with E-state index in [2.05, 4.69) is 46.8 Å². The van der Waals surface area contributed by atoms with Crippen LogP contribution in [0.25, 0.3) is 10.9 Å². The Balaban J connectivity index is 1.52. The van der Waals surface area contributed by atoms with E-state index in [1.165, 1.54) is 22.2 Å². The van der Waals surface area contributed by atoms with Gasteiger partial charge in [-0.2, -0.15) is 0 Å². The van der Waals surface area contributed by atoms with E-state index in [1.54, 1.807) is 18.9 Å². The van der Waals surface area contributed by atoms with Gasteiger partial charge in [-0.3, -0.25) is 0 Å². The zero-order valence-electron chi connectivity index (χ0n) is 18.3. The van der Waals surface area contributed by atoms with Crippen molar-refractivity contribution in [3.63, 3.8) is 0 Å². The molecule has 0 radical (unpaired) electrons. The maximum absolute atomic E-state index is 6.39. The van der Waals surface area contributed by atoms with Crippen LogP contribution in [0.5, 0.6) is 5.75 Å². The van der Waals surface area contributed by atoms with Crippen molar-refractivity contribution in [2.24, 2.45) is 0 Å².